The fraction of sp³-hybridized carbons (Fsp3) is 0.250. The van der Waals surface area contributed by atoms with E-state index < -0.39 is 5.97 Å². The molecule has 0 aliphatic carbocycles. The Kier molecular flexibility index (Phi) is 4.35. The molecule has 0 spiro atoms. The minimum atomic E-state index is -0.565. The number of carbonyl (C=O) groups excluding carboxylic acids is 1. The number of H-pyrrole nitrogens is 1. The fourth-order valence-electron chi connectivity index (χ4n) is 2.08. The molecular weight excluding hydrogens is 254 g/mol. The third-order valence-corrected chi connectivity index (χ3v) is 3.03. The summed E-state index contributed by atoms with van der Waals surface area (Å²) < 4.78 is 4.94. The Morgan fingerprint density at radius 1 is 1.20 bits per heavy atom. The van der Waals surface area contributed by atoms with Crippen LogP contribution in [0.5, 0.6) is 0 Å². The lowest BCUT2D eigenvalue weighted by Gasteiger charge is -2.10. The van der Waals surface area contributed by atoms with E-state index in [0.717, 1.165) is 5.56 Å². The average Bonchev–Trinajstić information content (AvgIpc) is 2.47. The number of esters is 1. The lowest BCUT2D eigenvalue weighted by atomic mass is 10.1. The van der Waals surface area contributed by atoms with Gasteiger partial charge in [0.25, 0.3) is 0 Å². The number of carbonyl (C=O) groups is 1. The van der Waals surface area contributed by atoms with E-state index in [1.165, 1.54) is 6.07 Å². The first-order chi connectivity index (χ1) is 9.67. The molecule has 0 radical (unpaired) electrons. The van der Waals surface area contributed by atoms with Crippen molar-refractivity contribution in [3.63, 3.8) is 0 Å². The lowest BCUT2D eigenvalue weighted by Crippen LogP contribution is -2.21. The van der Waals surface area contributed by atoms with Gasteiger partial charge in [0.05, 0.1) is 6.61 Å². The number of aryl methyl sites for hydroxylation is 1. The predicted molar refractivity (Wildman–Crippen MR) is 77.8 cm³/mol. The molecule has 1 N–H and O–H groups in total. The van der Waals surface area contributed by atoms with Crippen LogP contribution in [0.4, 0.5) is 0 Å². The van der Waals surface area contributed by atoms with E-state index in [4.69, 9.17) is 4.74 Å². The second-order valence-corrected chi connectivity index (χ2v) is 4.34. The van der Waals surface area contributed by atoms with Crippen LogP contribution in [0.15, 0.2) is 41.2 Å². The predicted octanol–water partition coefficient (Wildman–Crippen LogP) is 2.78. The summed E-state index contributed by atoms with van der Waals surface area (Å²) in [5.74, 6) is -0.565. The zero-order chi connectivity index (χ0) is 14.5. The quantitative estimate of drug-likeness (QED) is 0.870. The van der Waals surface area contributed by atoms with Crippen molar-refractivity contribution in [1.82, 2.24) is 4.98 Å². The average molecular weight is 271 g/mol. The van der Waals surface area contributed by atoms with Crippen LogP contribution in [-0.2, 0) is 11.2 Å². The number of hydrogen-bond acceptors (Lipinski definition) is 3. The van der Waals surface area contributed by atoms with Crippen molar-refractivity contribution in [2.24, 2.45) is 0 Å². The van der Waals surface area contributed by atoms with Crippen molar-refractivity contribution in [3.8, 4) is 11.3 Å². The molecule has 2 rings (SSSR count). The molecule has 1 aromatic carbocycles. The van der Waals surface area contributed by atoms with Crippen LogP contribution in [0.2, 0.25) is 0 Å². The molecule has 2 aromatic rings. The second kappa shape index (κ2) is 6.19. The van der Waals surface area contributed by atoms with Crippen molar-refractivity contribution in [2.75, 3.05) is 6.61 Å². The molecule has 0 atom stereocenters. The molecule has 4 heteroatoms. The number of nitrogens with one attached hydrogen (secondary N) is 1. The van der Waals surface area contributed by atoms with Gasteiger partial charge in [-0.2, -0.15) is 0 Å². The number of benzene rings is 1. The number of ether oxygens (including phenoxy) is 1. The summed E-state index contributed by atoms with van der Waals surface area (Å²) in [6.45, 7) is 3.86. The summed E-state index contributed by atoms with van der Waals surface area (Å²) in [5, 5.41) is 0. The van der Waals surface area contributed by atoms with Crippen molar-refractivity contribution >= 4 is 5.97 Å². The summed E-state index contributed by atoms with van der Waals surface area (Å²) in [6.07, 6.45) is 0.560. The molecular formula is C16H17NO3. The van der Waals surface area contributed by atoms with E-state index in [9.17, 15) is 9.59 Å². The van der Waals surface area contributed by atoms with E-state index in [1.807, 2.05) is 37.3 Å². The molecule has 4 nitrogen and oxygen atoms in total. The fourth-order valence-corrected chi connectivity index (χ4v) is 2.08. The highest BCUT2D eigenvalue weighted by Crippen LogP contribution is 2.17. The Labute approximate surface area is 117 Å². The molecule has 0 bridgehead atoms. The number of hydrogen-bond donors (Lipinski definition) is 1. The monoisotopic (exact) mass is 271 g/mol. The Balaban J connectivity index is 2.54. The van der Waals surface area contributed by atoms with Crippen LogP contribution in [0.25, 0.3) is 11.3 Å². The van der Waals surface area contributed by atoms with Gasteiger partial charge in [-0.3, -0.25) is 4.79 Å². The van der Waals surface area contributed by atoms with Crippen LogP contribution >= 0.6 is 0 Å². The second-order valence-electron chi connectivity index (χ2n) is 4.34. The molecule has 0 fully saturated rings. The summed E-state index contributed by atoms with van der Waals surface area (Å²) in [6, 6.07) is 11.0. The van der Waals surface area contributed by atoms with Crippen LogP contribution in [0, 0.1) is 0 Å². The summed E-state index contributed by atoms with van der Waals surface area (Å²) >= 11 is 0. The molecule has 0 aliphatic heterocycles. The third-order valence-electron chi connectivity index (χ3n) is 3.03. The van der Waals surface area contributed by atoms with Crippen molar-refractivity contribution in [2.45, 2.75) is 20.3 Å². The van der Waals surface area contributed by atoms with Gasteiger partial charge >= 0.3 is 5.97 Å². The number of pyridine rings is 1. The van der Waals surface area contributed by atoms with Gasteiger partial charge in [0.15, 0.2) is 5.43 Å². The highest BCUT2D eigenvalue weighted by atomic mass is 16.5. The normalized spacial score (nSPS) is 10.3. The molecule has 20 heavy (non-hydrogen) atoms. The van der Waals surface area contributed by atoms with Gasteiger partial charge < -0.3 is 9.72 Å². The van der Waals surface area contributed by atoms with Gasteiger partial charge in [-0.1, -0.05) is 37.3 Å². The van der Waals surface area contributed by atoms with Crippen LogP contribution < -0.4 is 5.43 Å². The third kappa shape index (κ3) is 2.79. The maximum atomic E-state index is 12.2. The molecule has 0 aliphatic rings. The highest BCUT2D eigenvalue weighted by Gasteiger charge is 2.17. The van der Waals surface area contributed by atoms with Crippen LogP contribution in [-0.4, -0.2) is 17.6 Å². The minimum absolute atomic E-state index is 0.106. The highest BCUT2D eigenvalue weighted by molar-refractivity contribution is 5.91. The molecule has 1 aromatic heterocycles. The van der Waals surface area contributed by atoms with E-state index in [1.54, 1.807) is 6.92 Å². The first kappa shape index (κ1) is 14.1. The molecule has 1 heterocycles. The first-order valence-electron chi connectivity index (χ1n) is 6.66. The van der Waals surface area contributed by atoms with Crippen LogP contribution in [0.3, 0.4) is 0 Å². The number of aromatic amines is 1. The van der Waals surface area contributed by atoms with Gasteiger partial charge in [-0.05, 0) is 18.9 Å². The maximum absolute atomic E-state index is 12.2. The SMILES string of the molecule is CCOC(=O)c1c(CC)[nH]c(-c2ccccc2)cc1=O. The van der Waals surface area contributed by atoms with Gasteiger partial charge in [-0.15, -0.1) is 0 Å². The Morgan fingerprint density at radius 3 is 2.50 bits per heavy atom. The van der Waals surface area contributed by atoms with Crippen molar-refractivity contribution in [1.29, 1.82) is 0 Å². The minimum Gasteiger partial charge on any atom is -0.462 e. The van der Waals surface area contributed by atoms with Crippen molar-refractivity contribution < 1.29 is 9.53 Å². The largest absolute Gasteiger partial charge is 0.462 e. The Hall–Kier alpha value is -2.36. The molecule has 0 saturated heterocycles. The van der Waals surface area contributed by atoms with Gasteiger partial charge in [0, 0.05) is 17.5 Å². The summed E-state index contributed by atoms with van der Waals surface area (Å²) in [7, 11) is 0. The first-order valence-corrected chi connectivity index (χ1v) is 6.66. The Bertz CT molecular complexity index is 659. The zero-order valence-corrected chi connectivity index (χ0v) is 11.6. The number of rotatable bonds is 4. The molecule has 0 amide bonds. The van der Waals surface area contributed by atoms with Crippen molar-refractivity contribution in [3.05, 3.63) is 57.9 Å². The van der Waals surface area contributed by atoms with E-state index in [2.05, 4.69) is 4.98 Å². The summed E-state index contributed by atoms with van der Waals surface area (Å²) in [4.78, 5) is 27.2. The smallest absolute Gasteiger partial charge is 0.343 e. The zero-order valence-electron chi connectivity index (χ0n) is 11.6. The van der Waals surface area contributed by atoms with E-state index in [-0.39, 0.29) is 17.6 Å². The van der Waals surface area contributed by atoms with Crippen LogP contribution in [0.1, 0.15) is 29.9 Å². The Morgan fingerprint density at radius 2 is 1.90 bits per heavy atom. The van der Waals surface area contributed by atoms with Gasteiger partial charge in [-0.25, -0.2) is 4.79 Å². The lowest BCUT2D eigenvalue weighted by molar-refractivity contribution is 0.0523. The van der Waals surface area contributed by atoms with E-state index >= 15 is 0 Å². The maximum Gasteiger partial charge on any atom is 0.343 e. The van der Waals surface area contributed by atoms with Gasteiger partial charge in [0.2, 0.25) is 0 Å². The number of aromatic nitrogens is 1. The molecule has 0 saturated carbocycles. The standard InChI is InChI=1S/C16H17NO3/c1-3-12-15(16(19)20-4-2)14(18)10-13(17-12)11-8-6-5-7-9-11/h5-10H,3-4H2,1-2H3,(H,17,18). The summed E-state index contributed by atoms with van der Waals surface area (Å²) in [5.41, 5.74) is 2.02. The molecule has 104 valence electrons. The van der Waals surface area contributed by atoms with E-state index in [0.29, 0.717) is 17.8 Å². The topological polar surface area (TPSA) is 59.2 Å². The van der Waals surface area contributed by atoms with Gasteiger partial charge in [0.1, 0.15) is 5.56 Å². The molecule has 0 unspecified atom stereocenters.